The summed E-state index contributed by atoms with van der Waals surface area (Å²) < 4.78 is 7.61. The zero-order valence-electron chi connectivity index (χ0n) is 17.6. The van der Waals surface area contributed by atoms with Crippen molar-refractivity contribution in [3.63, 3.8) is 0 Å². The molecule has 3 heterocycles. The van der Waals surface area contributed by atoms with E-state index >= 15 is 0 Å². The minimum Gasteiger partial charge on any atom is -0.479 e. The maximum atomic E-state index is 12.6. The fourth-order valence-corrected chi connectivity index (χ4v) is 3.82. The van der Waals surface area contributed by atoms with E-state index in [0.29, 0.717) is 17.1 Å². The number of amides is 2. The zero-order chi connectivity index (χ0) is 22.1. The van der Waals surface area contributed by atoms with Crippen molar-refractivity contribution in [1.82, 2.24) is 9.38 Å². The maximum Gasteiger partial charge on any atom is 0.267 e. The molecule has 1 atom stereocenters. The fourth-order valence-electron chi connectivity index (χ4n) is 3.82. The van der Waals surface area contributed by atoms with E-state index in [1.807, 2.05) is 83.5 Å². The SMILES string of the molecule is CC1Oc2ccccc2N(CCC(=O)Nc2ccc(-c3cn4ccccc4n3)cc2)C1=O. The lowest BCUT2D eigenvalue weighted by atomic mass is 10.1. The Hall–Kier alpha value is -4.13. The van der Waals surface area contributed by atoms with Crippen LogP contribution < -0.4 is 15.0 Å². The molecule has 2 aromatic carbocycles. The molecule has 0 saturated carbocycles. The second-order valence-corrected chi connectivity index (χ2v) is 7.69. The predicted octanol–water partition coefficient (Wildman–Crippen LogP) is 4.14. The number of anilines is 2. The summed E-state index contributed by atoms with van der Waals surface area (Å²) in [6.07, 6.45) is 3.54. The molecule has 1 aliphatic heterocycles. The molecule has 4 aromatic rings. The smallest absolute Gasteiger partial charge is 0.267 e. The van der Waals surface area contributed by atoms with Gasteiger partial charge in [-0.1, -0.05) is 30.3 Å². The van der Waals surface area contributed by atoms with E-state index in [-0.39, 0.29) is 24.8 Å². The van der Waals surface area contributed by atoms with Crippen LogP contribution in [0.3, 0.4) is 0 Å². The number of imidazole rings is 1. The number of fused-ring (bicyclic) bond motifs is 2. The summed E-state index contributed by atoms with van der Waals surface area (Å²) in [5, 5.41) is 2.90. The lowest BCUT2D eigenvalue weighted by Crippen LogP contribution is -2.45. The first-order chi connectivity index (χ1) is 15.6. The highest BCUT2D eigenvalue weighted by Crippen LogP contribution is 2.33. The summed E-state index contributed by atoms with van der Waals surface area (Å²) >= 11 is 0. The number of nitrogens with zero attached hydrogens (tertiary/aromatic N) is 3. The summed E-state index contributed by atoms with van der Waals surface area (Å²) in [5.74, 6) is 0.353. The number of carbonyl (C=O) groups excluding carboxylic acids is 2. The van der Waals surface area contributed by atoms with Crippen molar-refractivity contribution in [3.05, 3.63) is 79.1 Å². The van der Waals surface area contributed by atoms with Crippen molar-refractivity contribution >= 4 is 28.8 Å². The van der Waals surface area contributed by atoms with Gasteiger partial charge in [0.15, 0.2) is 6.10 Å². The second-order valence-electron chi connectivity index (χ2n) is 7.69. The standard InChI is InChI=1S/C25H22N4O3/c1-17-25(31)29(21-6-2-3-7-22(21)32-17)15-13-24(30)26-19-11-9-18(10-12-19)20-16-28-14-5-4-8-23(28)27-20/h2-12,14,16-17H,13,15H2,1H3,(H,26,30). The molecular weight excluding hydrogens is 404 g/mol. The predicted molar refractivity (Wildman–Crippen MR) is 123 cm³/mol. The van der Waals surface area contributed by atoms with Crippen LogP contribution in [-0.4, -0.2) is 33.8 Å². The molecule has 0 aliphatic carbocycles. The molecule has 1 aliphatic rings. The Morgan fingerprint density at radius 1 is 1.06 bits per heavy atom. The number of para-hydroxylation sites is 2. The molecule has 0 spiro atoms. The Labute approximate surface area is 185 Å². The Balaban J connectivity index is 1.23. The molecule has 2 aromatic heterocycles. The van der Waals surface area contributed by atoms with Crippen LogP contribution in [0.1, 0.15) is 13.3 Å². The molecule has 160 valence electrons. The van der Waals surface area contributed by atoms with E-state index in [1.165, 1.54) is 0 Å². The molecule has 2 amide bonds. The first kappa shape index (κ1) is 19.8. The molecule has 0 saturated heterocycles. The van der Waals surface area contributed by atoms with Gasteiger partial charge in [-0.15, -0.1) is 0 Å². The summed E-state index contributed by atoms with van der Waals surface area (Å²) in [5.41, 5.74) is 4.11. The fraction of sp³-hybridized carbons (Fsp3) is 0.160. The number of hydrogen-bond acceptors (Lipinski definition) is 4. The molecule has 5 rings (SSSR count). The molecule has 7 nitrogen and oxygen atoms in total. The monoisotopic (exact) mass is 426 g/mol. The van der Waals surface area contributed by atoms with E-state index in [0.717, 1.165) is 16.9 Å². The van der Waals surface area contributed by atoms with Crippen molar-refractivity contribution < 1.29 is 14.3 Å². The summed E-state index contributed by atoms with van der Waals surface area (Å²) in [6, 6.07) is 20.8. The van der Waals surface area contributed by atoms with Gasteiger partial charge in [-0.25, -0.2) is 4.98 Å². The molecule has 0 bridgehead atoms. The highest BCUT2D eigenvalue weighted by molar-refractivity contribution is 6.00. The number of nitrogens with one attached hydrogen (secondary N) is 1. The quantitative estimate of drug-likeness (QED) is 0.520. The summed E-state index contributed by atoms with van der Waals surface area (Å²) in [4.78, 5) is 31.3. The average Bonchev–Trinajstić information content (AvgIpc) is 3.24. The number of carbonyl (C=O) groups is 2. The van der Waals surface area contributed by atoms with Crippen LogP contribution in [-0.2, 0) is 9.59 Å². The third kappa shape index (κ3) is 3.80. The van der Waals surface area contributed by atoms with E-state index in [2.05, 4.69) is 10.3 Å². The van der Waals surface area contributed by atoms with Crippen molar-refractivity contribution in [1.29, 1.82) is 0 Å². The van der Waals surface area contributed by atoms with E-state index < -0.39 is 6.10 Å². The first-order valence-electron chi connectivity index (χ1n) is 10.5. The average molecular weight is 426 g/mol. The van der Waals surface area contributed by atoms with Gasteiger partial charge in [0.1, 0.15) is 11.4 Å². The van der Waals surface area contributed by atoms with E-state index in [9.17, 15) is 9.59 Å². The van der Waals surface area contributed by atoms with Crippen LogP contribution in [0.15, 0.2) is 79.1 Å². The van der Waals surface area contributed by atoms with Crippen molar-refractivity contribution in [2.75, 3.05) is 16.8 Å². The van der Waals surface area contributed by atoms with Gasteiger partial charge < -0.3 is 19.4 Å². The minimum atomic E-state index is -0.569. The summed E-state index contributed by atoms with van der Waals surface area (Å²) in [7, 11) is 0. The van der Waals surface area contributed by atoms with E-state index in [1.54, 1.807) is 11.8 Å². The van der Waals surface area contributed by atoms with Gasteiger partial charge in [0, 0.05) is 36.6 Å². The number of rotatable bonds is 5. The summed E-state index contributed by atoms with van der Waals surface area (Å²) in [6.45, 7) is 2.00. The molecule has 32 heavy (non-hydrogen) atoms. The second kappa shape index (κ2) is 8.19. The Kier molecular flexibility index (Phi) is 5.07. The van der Waals surface area contributed by atoms with Crippen molar-refractivity contribution in [3.8, 4) is 17.0 Å². The lowest BCUT2D eigenvalue weighted by Gasteiger charge is -2.32. The van der Waals surface area contributed by atoms with Gasteiger partial charge >= 0.3 is 0 Å². The largest absolute Gasteiger partial charge is 0.479 e. The van der Waals surface area contributed by atoms with E-state index in [4.69, 9.17) is 4.74 Å². The number of benzene rings is 2. The van der Waals surface area contributed by atoms with Crippen LogP contribution in [0.5, 0.6) is 5.75 Å². The van der Waals surface area contributed by atoms with Gasteiger partial charge in [0.05, 0.1) is 11.4 Å². The van der Waals surface area contributed by atoms with Crippen LogP contribution in [0, 0.1) is 0 Å². The number of aromatic nitrogens is 2. The molecule has 7 heteroatoms. The Morgan fingerprint density at radius 2 is 1.84 bits per heavy atom. The Bertz CT molecular complexity index is 1260. The van der Waals surface area contributed by atoms with Crippen molar-refractivity contribution in [2.24, 2.45) is 0 Å². The maximum absolute atomic E-state index is 12.6. The lowest BCUT2D eigenvalue weighted by molar-refractivity contribution is -0.125. The number of pyridine rings is 1. The van der Waals surface area contributed by atoms with Crippen LogP contribution in [0.25, 0.3) is 16.9 Å². The van der Waals surface area contributed by atoms with Crippen molar-refractivity contribution in [2.45, 2.75) is 19.4 Å². The van der Waals surface area contributed by atoms with Gasteiger partial charge in [-0.2, -0.15) is 0 Å². The van der Waals surface area contributed by atoms with Crippen LogP contribution in [0.2, 0.25) is 0 Å². The van der Waals surface area contributed by atoms with Gasteiger partial charge in [-0.3, -0.25) is 9.59 Å². The van der Waals surface area contributed by atoms with Gasteiger partial charge in [0.2, 0.25) is 5.91 Å². The Morgan fingerprint density at radius 3 is 2.66 bits per heavy atom. The molecule has 0 fully saturated rings. The molecule has 0 radical (unpaired) electrons. The third-order valence-electron chi connectivity index (χ3n) is 5.46. The van der Waals surface area contributed by atoms with Gasteiger partial charge in [0.25, 0.3) is 5.91 Å². The molecule has 1 unspecified atom stereocenters. The van der Waals surface area contributed by atoms with Crippen LogP contribution in [0.4, 0.5) is 11.4 Å². The molecule has 1 N–H and O–H groups in total. The van der Waals surface area contributed by atoms with Crippen LogP contribution >= 0.6 is 0 Å². The molecular formula is C25H22N4O3. The topological polar surface area (TPSA) is 75.9 Å². The minimum absolute atomic E-state index is 0.145. The number of hydrogen-bond donors (Lipinski definition) is 1. The zero-order valence-corrected chi connectivity index (χ0v) is 17.6. The normalized spacial score (nSPS) is 15.3. The number of ether oxygens (including phenoxy) is 1. The highest BCUT2D eigenvalue weighted by Gasteiger charge is 2.31. The first-order valence-corrected chi connectivity index (χ1v) is 10.5. The third-order valence-corrected chi connectivity index (χ3v) is 5.46. The van der Waals surface area contributed by atoms with Gasteiger partial charge in [-0.05, 0) is 43.3 Å². The highest BCUT2D eigenvalue weighted by atomic mass is 16.5.